The first-order valence-electron chi connectivity index (χ1n) is 10.3. The van der Waals surface area contributed by atoms with Crippen LogP contribution in [0, 0.1) is 0 Å². The molecule has 0 bridgehead atoms. The summed E-state index contributed by atoms with van der Waals surface area (Å²) in [6, 6.07) is 25.7. The van der Waals surface area contributed by atoms with Crippen molar-refractivity contribution in [3.05, 3.63) is 120 Å². The van der Waals surface area contributed by atoms with Crippen molar-refractivity contribution in [3.63, 3.8) is 0 Å². The Morgan fingerprint density at radius 3 is 1.38 bits per heavy atom. The molecule has 0 aliphatic rings. The highest BCUT2D eigenvalue weighted by atomic mass is 16.2. The van der Waals surface area contributed by atoms with E-state index in [1.807, 2.05) is 72.8 Å². The van der Waals surface area contributed by atoms with E-state index in [1.165, 1.54) is 0 Å². The van der Waals surface area contributed by atoms with Crippen LogP contribution in [-0.2, 0) is 13.1 Å². The average Bonchev–Trinajstić information content (AvgIpc) is 2.87. The zero-order valence-electron chi connectivity index (χ0n) is 17.4. The molecular weight excluding hydrogens is 400 g/mol. The molecule has 4 aromatic rings. The van der Waals surface area contributed by atoms with Gasteiger partial charge in [-0.3, -0.25) is 19.6 Å². The number of nitrogens with zero attached hydrogens (tertiary/aromatic N) is 2. The molecule has 0 radical (unpaired) electrons. The van der Waals surface area contributed by atoms with E-state index in [9.17, 15) is 9.59 Å². The molecule has 0 spiro atoms. The third-order valence-electron chi connectivity index (χ3n) is 4.95. The molecular formula is C26H22N4O2. The van der Waals surface area contributed by atoms with Gasteiger partial charge in [-0.1, -0.05) is 48.5 Å². The number of amides is 2. The Bertz CT molecular complexity index is 1110. The summed E-state index contributed by atoms with van der Waals surface area (Å²) in [6.45, 7) is 0.639. The predicted octanol–water partition coefficient (Wildman–Crippen LogP) is 4.00. The van der Waals surface area contributed by atoms with Gasteiger partial charge in [0.05, 0.1) is 24.5 Å². The number of rotatable bonds is 7. The Balaban J connectivity index is 1.56. The van der Waals surface area contributed by atoms with Gasteiger partial charge in [-0.05, 0) is 47.5 Å². The molecule has 4 rings (SSSR count). The SMILES string of the molecule is O=C(NCc1ccccn1)c1ccccc1-c1ccccc1C(=O)NCc1ccccn1. The van der Waals surface area contributed by atoms with Crippen LogP contribution in [-0.4, -0.2) is 21.8 Å². The van der Waals surface area contributed by atoms with Crippen molar-refractivity contribution < 1.29 is 9.59 Å². The number of aromatic nitrogens is 2. The van der Waals surface area contributed by atoms with Crippen LogP contribution in [0.4, 0.5) is 0 Å². The fraction of sp³-hybridized carbons (Fsp3) is 0.0769. The quantitative estimate of drug-likeness (QED) is 0.471. The van der Waals surface area contributed by atoms with E-state index in [0.717, 1.165) is 11.4 Å². The molecule has 32 heavy (non-hydrogen) atoms. The van der Waals surface area contributed by atoms with Crippen LogP contribution in [0.3, 0.4) is 0 Å². The average molecular weight is 422 g/mol. The first-order chi connectivity index (χ1) is 15.7. The fourth-order valence-corrected chi connectivity index (χ4v) is 3.37. The van der Waals surface area contributed by atoms with E-state index in [0.29, 0.717) is 35.3 Å². The molecule has 0 aliphatic heterocycles. The van der Waals surface area contributed by atoms with Crippen LogP contribution < -0.4 is 10.6 Å². The molecule has 0 fully saturated rings. The highest BCUT2D eigenvalue weighted by molar-refractivity contribution is 6.06. The number of carbonyl (C=O) groups is 2. The first kappa shape index (κ1) is 20.9. The zero-order chi connectivity index (χ0) is 22.2. The third kappa shape index (κ3) is 5.05. The van der Waals surface area contributed by atoms with Crippen molar-refractivity contribution in [3.8, 4) is 11.1 Å². The van der Waals surface area contributed by atoms with Crippen molar-refractivity contribution in [2.24, 2.45) is 0 Å². The number of hydrogen-bond donors (Lipinski definition) is 2. The van der Waals surface area contributed by atoms with Crippen molar-refractivity contribution >= 4 is 11.8 Å². The lowest BCUT2D eigenvalue weighted by molar-refractivity contribution is 0.0941. The van der Waals surface area contributed by atoms with Gasteiger partial charge >= 0.3 is 0 Å². The highest BCUT2D eigenvalue weighted by Gasteiger charge is 2.18. The van der Waals surface area contributed by atoms with Crippen molar-refractivity contribution in [2.45, 2.75) is 13.1 Å². The van der Waals surface area contributed by atoms with E-state index in [4.69, 9.17) is 0 Å². The second-order valence-electron chi connectivity index (χ2n) is 7.10. The smallest absolute Gasteiger partial charge is 0.252 e. The molecule has 2 aromatic heterocycles. The lowest BCUT2D eigenvalue weighted by Gasteiger charge is -2.14. The number of carbonyl (C=O) groups excluding carboxylic acids is 2. The van der Waals surface area contributed by atoms with Gasteiger partial charge in [0.25, 0.3) is 11.8 Å². The number of nitrogens with one attached hydrogen (secondary N) is 2. The van der Waals surface area contributed by atoms with Crippen LogP contribution in [0.2, 0.25) is 0 Å². The maximum atomic E-state index is 13.0. The summed E-state index contributed by atoms with van der Waals surface area (Å²) < 4.78 is 0. The van der Waals surface area contributed by atoms with Gasteiger partial charge in [0.15, 0.2) is 0 Å². The molecule has 6 nitrogen and oxygen atoms in total. The Labute approximate surface area is 186 Å². The molecule has 0 atom stereocenters. The molecule has 2 aromatic carbocycles. The summed E-state index contributed by atoms with van der Waals surface area (Å²) in [5, 5.41) is 5.82. The van der Waals surface area contributed by atoms with Gasteiger partial charge in [0.1, 0.15) is 0 Å². The molecule has 0 saturated carbocycles. The van der Waals surface area contributed by atoms with E-state index in [-0.39, 0.29) is 11.8 Å². The van der Waals surface area contributed by atoms with E-state index < -0.39 is 0 Å². The number of benzene rings is 2. The summed E-state index contributed by atoms with van der Waals surface area (Å²) >= 11 is 0. The number of pyridine rings is 2. The molecule has 2 N–H and O–H groups in total. The van der Waals surface area contributed by atoms with Crippen LogP contribution >= 0.6 is 0 Å². The summed E-state index contributed by atoms with van der Waals surface area (Å²) in [6.07, 6.45) is 3.38. The maximum absolute atomic E-state index is 13.0. The van der Waals surface area contributed by atoms with Crippen molar-refractivity contribution in [2.75, 3.05) is 0 Å². The van der Waals surface area contributed by atoms with Crippen LogP contribution in [0.25, 0.3) is 11.1 Å². The molecule has 0 saturated heterocycles. The van der Waals surface area contributed by atoms with E-state index in [1.54, 1.807) is 24.5 Å². The summed E-state index contributed by atoms with van der Waals surface area (Å²) in [5.41, 5.74) is 3.91. The highest BCUT2D eigenvalue weighted by Crippen LogP contribution is 2.27. The minimum Gasteiger partial charge on any atom is -0.346 e. The second-order valence-corrected chi connectivity index (χ2v) is 7.10. The topological polar surface area (TPSA) is 84.0 Å². The zero-order valence-corrected chi connectivity index (χ0v) is 17.4. The number of hydrogen-bond acceptors (Lipinski definition) is 4. The maximum Gasteiger partial charge on any atom is 0.252 e. The normalized spacial score (nSPS) is 10.4. The Hall–Kier alpha value is -4.32. The van der Waals surface area contributed by atoms with Crippen molar-refractivity contribution in [1.82, 2.24) is 20.6 Å². The molecule has 2 amide bonds. The lowest BCUT2D eigenvalue weighted by Crippen LogP contribution is -2.25. The summed E-state index contributed by atoms with van der Waals surface area (Å²) in [5.74, 6) is -0.454. The molecule has 158 valence electrons. The Morgan fingerprint density at radius 2 is 0.969 bits per heavy atom. The summed E-state index contributed by atoms with van der Waals surface area (Å²) in [4.78, 5) is 34.4. The van der Waals surface area contributed by atoms with Gasteiger partial charge in [-0.25, -0.2) is 0 Å². The predicted molar refractivity (Wildman–Crippen MR) is 123 cm³/mol. The van der Waals surface area contributed by atoms with Crippen LogP contribution in [0.15, 0.2) is 97.3 Å². The molecule has 0 unspecified atom stereocenters. The second kappa shape index (κ2) is 10.1. The largest absolute Gasteiger partial charge is 0.346 e. The Kier molecular flexibility index (Phi) is 6.63. The standard InChI is InChI=1S/C26H22N4O2/c31-25(29-17-19-9-5-7-15-27-19)23-13-3-1-11-21(23)22-12-2-4-14-24(22)26(32)30-18-20-10-6-8-16-28-20/h1-16H,17-18H2,(H,29,31)(H,30,32). The summed E-state index contributed by atoms with van der Waals surface area (Å²) in [7, 11) is 0. The van der Waals surface area contributed by atoms with Crippen LogP contribution in [0.5, 0.6) is 0 Å². The lowest BCUT2D eigenvalue weighted by atomic mass is 9.94. The fourth-order valence-electron chi connectivity index (χ4n) is 3.37. The van der Waals surface area contributed by atoms with Gasteiger partial charge < -0.3 is 10.6 Å². The molecule has 0 aliphatic carbocycles. The molecule has 2 heterocycles. The van der Waals surface area contributed by atoms with Gasteiger partial charge in [0.2, 0.25) is 0 Å². The minimum atomic E-state index is -0.227. The van der Waals surface area contributed by atoms with E-state index in [2.05, 4.69) is 20.6 Å². The monoisotopic (exact) mass is 422 g/mol. The van der Waals surface area contributed by atoms with E-state index >= 15 is 0 Å². The Morgan fingerprint density at radius 1 is 0.562 bits per heavy atom. The third-order valence-corrected chi connectivity index (χ3v) is 4.95. The van der Waals surface area contributed by atoms with Crippen molar-refractivity contribution in [1.29, 1.82) is 0 Å². The first-order valence-corrected chi connectivity index (χ1v) is 10.3. The van der Waals surface area contributed by atoms with Crippen LogP contribution in [0.1, 0.15) is 32.1 Å². The molecule has 6 heteroatoms. The van der Waals surface area contributed by atoms with Gasteiger partial charge in [0, 0.05) is 23.5 Å². The minimum absolute atomic E-state index is 0.227. The van der Waals surface area contributed by atoms with Gasteiger partial charge in [-0.15, -0.1) is 0 Å². The van der Waals surface area contributed by atoms with Gasteiger partial charge in [-0.2, -0.15) is 0 Å².